The first-order valence-corrected chi connectivity index (χ1v) is 5.86. The lowest BCUT2D eigenvalue weighted by Gasteiger charge is -2.28. The summed E-state index contributed by atoms with van der Waals surface area (Å²) in [6.45, 7) is 3.78. The molecule has 5 heteroatoms. The highest BCUT2D eigenvalue weighted by Crippen LogP contribution is 2.09. The van der Waals surface area contributed by atoms with Gasteiger partial charge in [0.25, 0.3) is 0 Å². The minimum atomic E-state index is -0.540. The Bertz CT molecular complexity index is 208. The van der Waals surface area contributed by atoms with Gasteiger partial charge in [0.2, 0.25) is 5.91 Å². The Hall–Kier alpha value is -0.290. The fourth-order valence-electron chi connectivity index (χ4n) is 0.799. The topological polar surface area (TPSA) is 55.1 Å². The zero-order valence-corrected chi connectivity index (χ0v) is 9.85. The Morgan fingerprint density at radius 1 is 1.69 bits per heavy atom. The van der Waals surface area contributed by atoms with Crippen molar-refractivity contribution in [1.29, 1.82) is 0 Å². The molecule has 0 aliphatic carbocycles. The van der Waals surface area contributed by atoms with Crippen molar-refractivity contribution in [3.8, 4) is 0 Å². The Kier molecular flexibility index (Phi) is 5.32. The molecule has 0 saturated carbocycles. The van der Waals surface area contributed by atoms with E-state index in [1.165, 1.54) is 11.8 Å². The van der Waals surface area contributed by atoms with Gasteiger partial charge >= 0.3 is 0 Å². The molecular weight excluding hydrogens is 204 g/mol. The average Bonchev–Trinajstić information content (AvgIpc) is 2.04. The van der Waals surface area contributed by atoms with Crippen LogP contribution in [-0.2, 0) is 4.79 Å². The van der Waals surface area contributed by atoms with Crippen molar-refractivity contribution in [2.75, 3.05) is 12.0 Å². The van der Waals surface area contributed by atoms with Gasteiger partial charge in [0.05, 0.1) is 16.3 Å². The predicted octanol–water partition coefficient (Wildman–Crippen LogP) is 0.920. The lowest BCUT2D eigenvalue weighted by molar-refractivity contribution is -0.119. The van der Waals surface area contributed by atoms with Crippen molar-refractivity contribution in [2.45, 2.75) is 25.8 Å². The van der Waals surface area contributed by atoms with Crippen LogP contribution in [0, 0.1) is 0 Å². The highest BCUT2D eigenvalue weighted by Gasteiger charge is 2.26. The molecule has 1 amide bonds. The molecule has 0 fully saturated rings. The smallest absolute Gasteiger partial charge is 0.230 e. The van der Waals surface area contributed by atoms with Gasteiger partial charge in [0, 0.05) is 0 Å². The Morgan fingerprint density at radius 2 is 2.23 bits per heavy atom. The lowest BCUT2D eigenvalue weighted by atomic mass is 9.99. The largest absolute Gasteiger partial charge is 0.391 e. The molecule has 76 valence electrons. The van der Waals surface area contributed by atoms with Gasteiger partial charge in [-0.25, -0.2) is 0 Å². The van der Waals surface area contributed by atoms with E-state index >= 15 is 0 Å². The number of thiocarbonyl (C=S) groups is 1. The highest BCUT2D eigenvalue weighted by atomic mass is 32.2. The number of thioether (sulfide) groups is 1. The Morgan fingerprint density at radius 3 is 2.54 bits per heavy atom. The SMILES string of the molecule is CCC(C)(NC(=O)CSC)C(N)=S. The van der Waals surface area contributed by atoms with Crippen LogP contribution in [0.5, 0.6) is 0 Å². The number of rotatable bonds is 5. The summed E-state index contributed by atoms with van der Waals surface area (Å²) in [5.41, 5.74) is 5.00. The first kappa shape index (κ1) is 12.7. The second-order valence-corrected chi connectivity index (χ2v) is 4.34. The van der Waals surface area contributed by atoms with Crippen molar-refractivity contribution in [3.63, 3.8) is 0 Å². The van der Waals surface area contributed by atoms with Crippen molar-refractivity contribution in [1.82, 2.24) is 5.32 Å². The standard InChI is InChI=1S/C8H16N2OS2/c1-4-8(2,7(9)12)10-6(11)5-13-3/h4-5H2,1-3H3,(H2,9,12)(H,10,11). The molecule has 3 N–H and O–H groups in total. The van der Waals surface area contributed by atoms with Gasteiger partial charge in [-0.2, -0.15) is 11.8 Å². The van der Waals surface area contributed by atoms with E-state index < -0.39 is 5.54 Å². The molecule has 0 saturated heterocycles. The minimum Gasteiger partial charge on any atom is -0.391 e. The maximum atomic E-state index is 11.3. The van der Waals surface area contributed by atoms with E-state index in [0.29, 0.717) is 17.2 Å². The molecule has 1 atom stereocenters. The summed E-state index contributed by atoms with van der Waals surface area (Å²) in [5, 5.41) is 2.82. The molecule has 3 nitrogen and oxygen atoms in total. The lowest BCUT2D eigenvalue weighted by Crippen LogP contribution is -2.54. The fourth-order valence-corrected chi connectivity index (χ4v) is 1.33. The van der Waals surface area contributed by atoms with Gasteiger partial charge < -0.3 is 11.1 Å². The second-order valence-electron chi connectivity index (χ2n) is 3.03. The van der Waals surface area contributed by atoms with E-state index in [4.69, 9.17) is 18.0 Å². The van der Waals surface area contributed by atoms with E-state index in [1.54, 1.807) is 0 Å². The van der Waals surface area contributed by atoms with Crippen LogP contribution >= 0.6 is 24.0 Å². The van der Waals surface area contributed by atoms with Crippen LogP contribution < -0.4 is 11.1 Å². The second kappa shape index (κ2) is 5.44. The van der Waals surface area contributed by atoms with Gasteiger partial charge in [-0.05, 0) is 19.6 Å². The molecule has 0 aliphatic heterocycles. The summed E-state index contributed by atoms with van der Waals surface area (Å²) >= 11 is 6.36. The Labute approximate surface area is 88.8 Å². The number of carbonyl (C=O) groups excluding carboxylic acids is 1. The van der Waals surface area contributed by atoms with Crippen LogP contribution in [0.4, 0.5) is 0 Å². The van der Waals surface area contributed by atoms with Crippen LogP contribution in [0.2, 0.25) is 0 Å². The average molecular weight is 220 g/mol. The number of carbonyl (C=O) groups is 1. The molecule has 0 heterocycles. The van der Waals surface area contributed by atoms with E-state index in [2.05, 4.69) is 5.32 Å². The highest BCUT2D eigenvalue weighted by molar-refractivity contribution is 7.99. The molecule has 1 unspecified atom stereocenters. The van der Waals surface area contributed by atoms with E-state index in [0.717, 1.165) is 0 Å². The van der Waals surface area contributed by atoms with E-state index in [9.17, 15) is 4.79 Å². The predicted molar refractivity (Wildman–Crippen MR) is 62.0 cm³/mol. The maximum absolute atomic E-state index is 11.3. The number of hydrogen-bond acceptors (Lipinski definition) is 3. The number of nitrogens with one attached hydrogen (secondary N) is 1. The van der Waals surface area contributed by atoms with Gasteiger partial charge in [0.15, 0.2) is 0 Å². The molecule has 13 heavy (non-hydrogen) atoms. The monoisotopic (exact) mass is 220 g/mol. The molecule has 0 rings (SSSR count). The van der Waals surface area contributed by atoms with Crippen LogP contribution in [-0.4, -0.2) is 28.4 Å². The van der Waals surface area contributed by atoms with Crippen molar-refractivity contribution < 1.29 is 4.79 Å². The van der Waals surface area contributed by atoms with Crippen molar-refractivity contribution in [2.24, 2.45) is 5.73 Å². The van der Waals surface area contributed by atoms with E-state index in [-0.39, 0.29) is 5.91 Å². The first-order chi connectivity index (χ1) is 5.96. The van der Waals surface area contributed by atoms with Crippen molar-refractivity contribution in [3.05, 3.63) is 0 Å². The maximum Gasteiger partial charge on any atom is 0.230 e. The number of nitrogens with two attached hydrogens (primary N) is 1. The zero-order valence-electron chi connectivity index (χ0n) is 8.22. The summed E-state index contributed by atoms with van der Waals surface area (Å²) in [6.07, 6.45) is 2.59. The summed E-state index contributed by atoms with van der Waals surface area (Å²) in [7, 11) is 0. The third-order valence-corrected chi connectivity index (χ3v) is 2.94. The molecule has 0 aromatic heterocycles. The summed E-state index contributed by atoms with van der Waals surface area (Å²) in [6, 6.07) is 0. The van der Waals surface area contributed by atoms with Gasteiger partial charge in [0.1, 0.15) is 0 Å². The van der Waals surface area contributed by atoms with E-state index in [1.807, 2.05) is 20.1 Å². The summed E-state index contributed by atoms with van der Waals surface area (Å²) in [5.74, 6) is 0.419. The minimum absolute atomic E-state index is 0.0235. The molecule has 0 aromatic rings. The molecule has 0 aromatic carbocycles. The molecule has 0 bridgehead atoms. The van der Waals surface area contributed by atoms with Crippen LogP contribution in [0.25, 0.3) is 0 Å². The third kappa shape index (κ3) is 3.95. The zero-order chi connectivity index (χ0) is 10.5. The van der Waals surface area contributed by atoms with Crippen molar-refractivity contribution >= 4 is 34.9 Å². The number of hydrogen-bond donors (Lipinski definition) is 2. The normalized spacial score (nSPS) is 14.7. The van der Waals surface area contributed by atoms with Crippen LogP contribution in [0.15, 0.2) is 0 Å². The molecule has 0 aliphatic rings. The molecular formula is C8H16N2OS2. The van der Waals surface area contributed by atoms with Gasteiger partial charge in [-0.1, -0.05) is 19.1 Å². The van der Waals surface area contributed by atoms with Crippen LogP contribution in [0.1, 0.15) is 20.3 Å². The fraction of sp³-hybridized carbons (Fsp3) is 0.750. The number of amides is 1. The van der Waals surface area contributed by atoms with Gasteiger partial charge in [-0.15, -0.1) is 0 Å². The Balaban J connectivity index is 4.27. The van der Waals surface area contributed by atoms with Gasteiger partial charge in [-0.3, -0.25) is 4.79 Å². The quantitative estimate of drug-likeness (QED) is 0.677. The molecule has 0 spiro atoms. The third-order valence-electron chi connectivity index (χ3n) is 1.94. The first-order valence-electron chi connectivity index (χ1n) is 4.06. The molecule has 0 radical (unpaired) electrons. The van der Waals surface area contributed by atoms with Crippen LogP contribution in [0.3, 0.4) is 0 Å². The summed E-state index contributed by atoms with van der Waals surface area (Å²) in [4.78, 5) is 11.6. The summed E-state index contributed by atoms with van der Waals surface area (Å²) < 4.78 is 0.